The Morgan fingerprint density at radius 2 is 1.82 bits per heavy atom. The molecule has 0 aliphatic heterocycles. The largest absolute Gasteiger partial charge is 0.330 e. The molecule has 0 fully saturated rings. The molecule has 116 valence electrons. The summed E-state index contributed by atoms with van der Waals surface area (Å²) < 4.78 is 27.2. The fourth-order valence-electron chi connectivity index (χ4n) is 1.87. The second kappa shape index (κ2) is 7.04. The Labute approximate surface area is 137 Å². The van der Waals surface area contributed by atoms with Gasteiger partial charge in [-0.15, -0.1) is 0 Å². The van der Waals surface area contributed by atoms with Crippen LogP contribution in [-0.2, 0) is 16.4 Å². The molecule has 2 aromatic rings. The summed E-state index contributed by atoms with van der Waals surface area (Å²) in [6, 6.07) is 12.8. The van der Waals surface area contributed by atoms with Gasteiger partial charge in [0, 0.05) is 10.0 Å². The molecule has 2 aromatic carbocycles. The molecule has 0 radical (unpaired) electrons. The van der Waals surface area contributed by atoms with Crippen molar-refractivity contribution in [3.63, 3.8) is 0 Å². The van der Waals surface area contributed by atoms with E-state index >= 15 is 0 Å². The number of nitrogens with one attached hydrogen (secondary N) is 1. The zero-order chi connectivity index (χ0) is 16.2. The van der Waals surface area contributed by atoms with Gasteiger partial charge < -0.3 is 5.73 Å². The Kier molecular flexibility index (Phi) is 5.33. The van der Waals surface area contributed by atoms with Gasteiger partial charge in [-0.1, -0.05) is 34.1 Å². The third-order valence-corrected chi connectivity index (χ3v) is 4.82. The smallest absolute Gasteiger partial charge is 0.265 e. The summed E-state index contributed by atoms with van der Waals surface area (Å²) in [7, 11) is -3.90. The summed E-state index contributed by atoms with van der Waals surface area (Å²) in [6.45, 7) is 0.492. The molecular formula is C15H15BrN2O3S. The molecule has 1 amide bonds. The summed E-state index contributed by atoms with van der Waals surface area (Å²) in [5, 5.41) is 0. The minimum absolute atomic E-state index is 0.0385. The van der Waals surface area contributed by atoms with Crippen molar-refractivity contribution in [2.45, 2.75) is 11.3 Å². The molecule has 5 nitrogen and oxygen atoms in total. The van der Waals surface area contributed by atoms with Gasteiger partial charge in [0.15, 0.2) is 0 Å². The molecule has 0 unspecified atom stereocenters. The van der Waals surface area contributed by atoms with Crippen LogP contribution in [0.25, 0.3) is 0 Å². The van der Waals surface area contributed by atoms with E-state index in [9.17, 15) is 13.2 Å². The van der Waals surface area contributed by atoms with Gasteiger partial charge in [-0.05, 0) is 48.9 Å². The van der Waals surface area contributed by atoms with Crippen LogP contribution in [0.3, 0.4) is 0 Å². The van der Waals surface area contributed by atoms with E-state index in [0.717, 1.165) is 5.56 Å². The van der Waals surface area contributed by atoms with E-state index in [4.69, 9.17) is 5.73 Å². The zero-order valence-electron chi connectivity index (χ0n) is 11.6. The highest BCUT2D eigenvalue weighted by molar-refractivity contribution is 9.10. The van der Waals surface area contributed by atoms with Crippen LogP contribution in [0.15, 0.2) is 57.9 Å². The van der Waals surface area contributed by atoms with Crippen LogP contribution >= 0.6 is 15.9 Å². The molecule has 0 heterocycles. The van der Waals surface area contributed by atoms with Gasteiger partial charge in [-0.25, -0.2) is 13.1 Å². The maximum absolute atomic E-state index is 12.2. The maximum atomic E-state index is 12.2. The predicted octanol–water partition coefficient (Wildman–Crippen LogP) is 2.07. The molecule has 7 heteroatoms. The van der Waals surface area contributed by atoms with Crippen molar-refractivity contribution in [2.75, 3.05) is 6.54 Å². The predicted molar refractivity (Wildman–Crippen MR) is 88.0 cm³/mol. The highest BCUT2D eigenvalue weighted by Crippen LogP contribution is 2.14. The van der Waals surface area contributed by atoms with Crippen LogP contribution in [0.2, 0.25) is 0 Å². The fourth-order valence-corrected chi connectivity index (χ4v) is 3.24. The first kappa shape index (κ1) is 16.7. The second-order valence-corrected chi connectivity index (χ2v) is 7.23. The molecule has 22 heavy (non-hydrogen) atoms. The number of rotatable bonds is 5. The minimum Gasteiger partial charge on any atom is -0.330 e. The third kappa shape index (κ3) is 4.16. The zero-order valence-corrected chi connectivity index (χ0v) is 14.0. The van der Waals surface area contributed by atoms with Gasteiger partial charge in [0.25, 0.3) is 15.9 Å². The molecule has 0 spiro atoms. The summed E-state index contributed by atoms with van der Waals surface area (Å²) >= 11 is 3.24. The van der Waals surface area contributed by atoms with Crippen LogP contribution in [0, 0.1) is 0 Å². The van der Waals surface area contributed by atoms with E-state index in [2.05, 4.69) is 20.7 Å². The van der Waals surface area contributed by atoms with Crippen molar-refractivity contribution in [3.8, 4) is 0 Å². The molecule has 0 aliphatic carbocycles. The molecular weight excluding hydrogens is 368 g/mol. The monoisotopic (exact) mass is 382 g/mol. The Hall–Kier alpha value is -1.70. The van der Waals surface area contributed by atoms with Gasteiger partial charge in [0.1, 0.15) is 0 Å². The molecule has 0 aromatic heterocycles. The first-order valence-corrected chi connectivity index (χ1v) is 8.82. The maximum Gasteiger partial charge on any atom is 0.265 e. The van der Waals surface area contributed by atoms with Gasteiger partial charge >= 0.3 is 0 Å². The van der Waals surface area contributed by atoms with E-state index in [-0.39, 0.29) is 10.5 Å². The van der Waals surface area contributed by atoms with E-state index in [1.54, 1.807) is 36.4 Å². The number of hydrogen-bond donors (Lipinski definition) is 2. The minimum atomic E-state index is -3.90. The lowest BCUT2D eigenvalue weighted by Crippen LogP contribution is -2.30. The van der Waals surface area contributed by atoms with E-state index in [1.807, 2.05) is 0 Å². The Morgan fingerprint density at radius 3 is 2.41 bits per heavy atom. The average Bonchev–Trinajstić information content (AvgIpc) is 2.48. The Balaban J connectivity index is 2.18. The van der Waals surface area contributed by atoms with Crippen LogP contribution in [-0.4, -0.2) is 20.9 Å². The van der Waals surface area contributed by atoms with Crippen molar-refractivity contribution in [1.29, 1.82) is 0 Å². The number of carbonyl (C=O) groups excluding carboxylic acids is 1. The number of sulfonamides is 1. The topological polar surface area (TPSA) is 89.3 Å². The molecule has 0 saturated carbocycles. The first-order chi connectivity index (χ1) is 10.4. The standard InChI is InChI=1S/C15H15BrN2O3S/c16-13-3-1-2-12(10-13)15(19)18-22(20,21)14-6-4-11(5-7-14)8-9-17/h1-7,10H,8-9,17H2,(H,18,19). The number of halogens is 1. The molecule has 0 atom stereocenters. The quantitative estimate of drug-likeness (QED) is 0.827. The van der Waals surface area contributed by atoms with Crippen molar-refractivity contribution in [2.24, 2.45) is 5.73 Å². The molecule has 0 aliphatic rings. The first-order valence-electron chi connectivity index (χ1n) is 6.54. The lowest BCUT2D eigenvalue weighted by Gasteiger charge is -2.08. The summed E-state index contributed by atoms with van der Waals surface area (Å²) in [5.41, 5.74) is 6.65. The molecule has 3 N–H and O–H groups in total. The van der Waals surface area contributed by atoms with Gasteiger partial charge in [-0.3, -0.25) is 4.79 Å². The van der Waals surface area contributed by atoms with Gasteiger partial charge in [0.2, 0.25) is 0 Å². The van der Waals surface area contributed by atoms with Crippen LogP contribution in [0.5, 0.6) is 0 Å². The molecule has 0 bridgehead atoms. The summed E-state index contributed by atoms with van der Waals surface area (Å²) in [6.07, 6.45) is 0.671. The van der Waals surface area contributed by atoms with Crippen LogP contribution in [0.1, 0.15) is 15.9 Å². The number of hydrogen-bond acceptors (Lipinski definition) is 4. The lowest BCUT2D eigenvalue weighted by atomic mass is 10.2. The van der Waals surface area contributed by atoms with Gasteiger partial charge in [-0.2, -0.15) is 0 Å². The van der Waals surface area contributed by atoms with Crippen molar-refractivity contribution in [3.05, 3.63) is 64.1 Å². The summed E-state index contributed by atoms with van der Waals surface area (Å²) in [4.78, 5) is 12.1. The Bertz CT molecular complexity index is 774. The average molecular weight is 383 g/mol. The van der Waals surface area contributed by atoms with E-state index < -0.39 is 15.9 Å². The number of benzene rings is 2. The van der Waals surface area contributed by atoms with Crippen molar-refractivity contribution >= 4 is 31.9 Å². The molecule has 2 rings (SSSR count). The number of carbonyl (C=O) groups is 1. The highest BCUT2D eigenvalue weighted by atomic mass is 79.9. The van der Waals surface area contributed by atoms with Crippen LogP contribution in [0.4, 0.5) is 0 Å². The Morgan fingerprint density at radius 1 is 1.14 bits per heavy atom. The van der Waals surface area contributed by atoms with E-state index in [0.29, 0.717) is 17.4 Å². The summed E-state index contributed by atoms with van der Waals surface area (Å²) in [5.74, 6) is -0.674. The van der Waals surface area contributed by atoms with Crippen LogP contribution < -0.4 is 10.5 Å². The SMILES string of the molecule is NCCc1ccc(S(=O)(=O)NC(=O)c2cccc(Br)c2)cc1. The third-order valence-electron chi connectivity index (χ3n) is 2.98. The second-order valence-electron chi connectivity index (χ2n) is 4.63. The van der Waals surface area contributed by atoms with Gasteiger partial charge in [0.05, 0.1) is 4.90 Å². The molecule has 0 saturated heterocycles. The highest BCUT2D eigenvalue weighted by Gasteiger charge is 2.18. The number of amides is 1. The lowest BCUT2D eigenvalue weighted by molar-refractivity contribution is 0.0981. The number of nitrogens with two attached hydrogens (primary N) is 1. The van der Waals surface area contributed by atoms with Crippen molar-refractivity contribution < 1.29 is 13.2 Å². The van der Waals surface area contributed by atoms with E-state index in [1.165, 1.54) is 12.1 Å². The normalized spacial score (nSPS) is 11.2. The fraction of sp³-hybridized carbons (Fsp3) is 0.133. The van der Waals surface area contributed by atoms with Crippen molar-refractivity contribution in [1.82, 2.24) is 4.72 Å².